The zero-order chi connectivity index (χ0) is 34.4. The predicted molar refractivity (Wildman–Crippen MR) is 215 cm³/mol. The molecule has 3 aromatic rings. The van der Waals surface area contributed by atoms with Crippen molar-refractivity contribution in [1.29, 1.82) is 0 Å². The van der Waals surface area contributed by atoms with Crippen LogP contribution in [0.3, 0.4) is 0 Å². The van der Waals surface area contributed by atoms with Gasteiger partial charge in [0, 0.05) is 85.5 Å². The van der Waals surface area contributed by atoms with Crippen molar-refractivity contribution in [1.82, 2.24) is 9.48 Å². The first-order chi connectivity index (χ1) is 24.4. The average Bonchev–Trinajstić information content (AvgIpc) is 3.17. The Kier molecular flexibility index (Phi) is 10.0. The van der Waals surface area contributed by atoms with Gasteiger partial charge >= 0.3 is 0 Å². The van der Waals surface area contributed by atoms with Crippen LogP contribution in [0.2, 0.25) is 0 Å². The standard InChI is InChI=1S/C38H38IN4O4S3/c1-24-30(22-34-36-37(24)49-19-17-42(36)16-18-48-34)35-28-10-8-26(40(2)25-6-4-3-5-7-25)20-32(28)50-33-21-27(9-11-29(33)35)41-12-14-43(15-13-41)38(45)31(44)23-46-47-39/h3-11,20-22,31,44H,12-19,23H2,1-2H3/q+1. The lowest BCUT2D eigenvalue weighted by Crippen LogP contribution is -2.53. The minimum Gasteiger partial charge on any atom is -0.381 e. The number of anilines is 3. The van der Waals surface area contributed by atoms with Crippen molar-refractivity contribution in [2.24, 2.45) is 0 Å². The Balaban J connectivity index is 1.25. The number of para-hydroxylation sites is 1. The van der Waals surface area contributed by atoms with Gasteiger partial charge in [0.15, 0.2) is 42.2 Å². The summed E-state index contributed by atoms with van der Waals surface area (Å²) < 4.78 is 8.13. The number of aliphatic hydroxyl groups excluding tert-OH is 1. The molecule has 4 heterocycles. The summed E-state index contributed by atoms with van der Waals surface area (Å²) in [6.07, 6.45) is -1.24. The van der Waals surface area contributed by atoms with Crippen LogP contribution in [0.1, 0.15) is 5.56 Å². The SMILES string of the molecule is Cc1c(-c2c3ccc(=[N+]4CCN(C(=O)C(O)COOI)CC4)cc-3sc3cc(N(C)c4ccccc4)ccc23)cc2c3c1SCCN3CCS2. The minimum absolute atomic E-state index is 0.186. The summed E-state index contributed by atoms with van der Waals surface area (Å²) >= 11 is 7.42. The van der Waals surface area contributed by atoms with E-state index in [4.69, 9.17) is 4.89 Å². The van der Waals surface area contributed by atoms with Crippen LogP contribution >= 0.6 is 57.9 Å². The molecule has 0 bridgehead atoms. The lowest BCUT2D eigenvalue weighted by atomic mass is 9.91. The molecule has 1 amide bonds. The molecule has 0 saturated carbocycles. The van der Waals surface area contributed by atoms with E-state index in [9.17, 15) is 9.90 Å². The normalized spacial score (nSPS) is 16.5. The second-order valence-corrected chi connectivity index (χ2v) is 16.5. The first-order valence-corrected chi connectivity index (χ1v) is 20.5. The number of aliphatic hydroxyl groups is 1. The molecule has 1 atom stereocenters. The number of piperazine rings is 1. The number of benzene rings is 4. The number of amides is 1. The van der Waals surface area contributed by atoms with E-state index < -0.39 is 6.10 Å². The molecule has 1 aliphatic carbocycles. The van der Waals surface area contributed by atoms with Gasteiger partial charge in [-0.1, -0.05) is 24.3 Å². The third-order valence-corrected chi connectivity index (χ3v) is 13.6. The van der Waals surface area contributed by atoms with Crippen LogP contribution in [0.4, 0.5) is 17.1 Å². The van der Waals surface area contributed by atoms with Crippen LogP contribution in [0.5, 0.6) is 0 Å². The third-order valence-electron chi connectivity index (χ3n) is 10.0. The second kappa shape index (κ2) is 14.6. The van der Waals surface area contributed by atoms with Gasteiger partial charge in [-0.3, -0.25) is 4.79 Å². The fourth-order valence-electron chi connectivity index (χ4n) is 7.35. The first-order valence-electron chi connectivity index (χ1n) is 16.8. The van der Waals surface area contributed by atoms with Crippen molar-refractivity contribution >= 4 is 90.9 Å². The molecule has 1 fully saturated rings. The number of fused-ring (bicyclic) bond motifs is 2. The van der Waals surface area contributed by atoms with Crippen LogP contribution in [0.25, 0.3) is 31.7 Å². The summed E-state index contributed by atoms with van der Waals surface area (Å²) in [7, 11) is 2.13. The maximum absolute atomic E-state index is 12.8. The molecule has 1 unspecified atom stereocenters. The van der Waals surface area contributed by atoms with E-state index in [0.29, 0.717) is 26.2 Å². The summed E-state index contributed by atoms with van der Waals surface area (Å²) in [6, 6.07) is 26.8. The molecule has 0 spiro atoms. The molecule has 1 N–H and O–H groups in total. The quantitative estimate of drug-likeness (QED) is 0.0617. The molecule has 3 aromatic carbocycles. The molecular weight excluding hydrogens is 800 g/mol. The van der Waals surface area contributed by atoms with E-state index in [1.54, 1.807) is 27.9 Å². The van der Waals surface area contributed by atoms with Gasteiger partial charge in [-0.15, -0.1) is 34.9 Å². The number of carbonyl (C=O) groups excluding carboxylic acids is 1. The molecule has 8 rings (SSSR count). The Bertz CT molecular complexity index is 2120. The summed E-state index contributed by atoms with van der Waals surface area (Å²) in [5, 5.41) is 12.7. The van der Waals surface area contributed by atoms with Gasteiger partial charge in [-0.2, -0.15) is 3.22 Å². The van der Waals surface area contributed by atoms with Crippen molar-refractivity contribution in [3.63, 3.8) is 0 Å². The van der Waals surface area contributed by atoms with E-state index >= 15 is 0 Å². The lowest BCUT2D eigenvalue weighted by Gasteiger charge is -2.37. The van der Waals surface area contributed by atoms with Crippen molar-refractivity contribution in [3.05, 3.63) is 83.7 Å². The maximum atomic E-state index is 12.8. The molecule has 0 radical (unpaired) electrons. The lowest BCUT2D eigenvalue weighted by molar-refractivity contribution is -0.193. The summed E-state index contributed by atoms with van der Waals surface area (Å²) in [6.45, 7) is 6.80. The van der Waals surface area contributed by atoms with Crippen molar-refractivity contribution in [3.8, 4) is 21.6 Å². The molecule has 8 nitrogen and oxygen atoms in total. The molecule has 0 aromatic heterocycles. The van der Waals surface area contributed by atoms with Gasteiger partial charge in [0.25, 0.3) is 5.91 Å². The van der Waals surface area contributed by atoms with Crippen LogP contribution in [-0.4, -0.2) is 86.4 Å². The fourth-order valence-corrected chi connectivity index (χ4v) is 11.0. The van der Waals surface area contributed by atoms with Crippen molar-refractivity contribution in [2.45, 2.75) is 22.8 Å². The Morgan fingerprint density at radius 3 is 2.52 bits per heavy atom. The van der Waals surface area contributed by atoms with Gasteiger partial charge in [0.1, 0.15) is 6.61 Å². The Morgan fingerprint density at radius 1 is 0.960 bits per heavy atom. The molecule has 4 aliphatic heterocycles. The number of nitrogens with zero attached hydrogens (tertiary/aromatic N) is 4. The number of thioether (sulfide) groups is 2. The largest absolute Gasteiger partial charge is 0.381 e. The highest BCUT2D eigenvalue weighted by atomic mass is 127. The summed E-state index contributed by atoms with van der Waals surface area (Å²) in [5.41, 5.74) is 9.00. The highest BCUT2D eigenvalue weighted by Gasteiger charge is 2.31. The second-order valence-electron chi connectivity index (χ2n) is 12.8. The van der Waals surface area contributed by atoms with E-state index in [1.807, 2.05) is 34.9 Å². The number of rotatable bonds is 7. The smallest absolute Gasteiger partial charge is 0.254 e. The monoisotopic (exact) mass is 837 g/mol. The average molecular weight is 838 g/mol. The molecule has 12 heteroatoms. The van der Waals surface area contributed by atoms with Crippen molar-refractivity contribution < 1.29 is 18.0 Å². The topological polar surface area (TPSA) is 68.5 Å². The van der Waals surface area contributed by atoms with E-state index in [2.05, 4.69) is 104 Å². The molecule has 1 saturated heterocycles. The first kappa shape index (κ1) is 34.2. The van der Waals surface area contributed by atoms with Crippen LogP contribution < -0.4 is 19.7 Å². The minimum atomic E-state index is -1.24. The number of carbonyl (C=O) groups is 1. The number of halogens is 1. The van der Waals surface area contributed by atoms with Gasteiger partial charge in [-0.05, 0) is 60.0 Å². The Morgan fingerprint density at radius 2 is 1.74 bits per heavy atom. The van der Waals surface area contributed by atoms with Gasteiger partial charge < -0.3 is 19.8 Å². The molecule has 50 heavy (non-hydrogen) atoms. The van der Waals surface area contributed by atoms with E-state index in [0.717, 1.165) is 41.3 Å². The van der Waals surface area contributed by atoms with Gasteiger partial charge in [-0.25, -0.2) is 9.46 Å². The zero-order valence-electron chi connectivity index (χ0n) is 27.9. The predicted octanol–water partition coefficient (Wildman–Crippen LogP) is 7.04. The Labute approximate surface area is 318 Å². The zero-order valence-corrected chi connectivity index (χ0v) is 32.5. The van der Waals surface area contributed by atoms with Crippen LogP contribution in [-0.2, 0) is 12.9 Å². The molecular formula is C38H38IN4O4S3+. The van der Waals surface area contributed by atoms with E-state index in [1.165, 1.54) is 52.7 Å². The van der Waals surface area contributed by atoms with Crippen molar-refractivity contribution in [2.75, 3.05) is 74.2 Å². The summed E-state index contributed by atoms with van der Waals surface area (Å²) in [5.74, 6) is 1.91. The van der Waals surface area contributed by atoms with Crippen LogP contribution in [0.15, 0.2) is 82.6 Å². The van der Waals surface area contributed by atoms with Gasteiger partial charge in [0.2, 0.25) is 5.36 Å². The summed E-state index contributed by atoms with van der Waals surface area (Å²) in [4.78, 5) is 28.2. The highest BCUT2D eigenvalue weighted by molar-refractivity contribution is 14.1. The molecule has 5 aliphatic rings. The van der Waals surface area contributed by atoms with Gasteiger partial charge in [0.05, 0.1) is 18.8 Å². The van der Waals surface area contributed by atoms with E-state index in [-0.39, 0.29) is 12.5 Å². The highest BCUT2D eigenvalue weighted by Crippen LogP contribution is 2.52. The number of hydrogen-bond donors (Lipinski definition) is 1. The maximum Gasteiger partial charge on any atom is 0.254 e. The molecule has 258 valence electrons. The fraction of sp³-hybridized carbons (Fsp3) is 0.316. The third kappa shape index (κ3) is 6.41. The number of hydrogen-bond acceptors (Lipinski definition) is 9. The Hall–Kier alpha value is -2.85. The van der Waals surface area contributed by atoms with Crippen LogP contribution in [0, 0.1) is 6.92 Å².